The molecular weight excluding hydrogens is 885 g/mol. The van der Waals surface area contributed by atoms with Gasteiger partial charge in [-0.05, 0) is 117 Å². The third-order valence-electron chi connectivity index (χ3n) is 12.2. The van der Waals surface area contributed by atoms with Crippen molar-refractivity contribution in [3.8, 4) is 39.1 Å². The van der Waals surface area contributed by atoms with Gasteiger partial charge in [-0.1, -0.05) is 146 Å². The lowest BCUT2D eigenvalue weighted by Crippen LogP contribution is -2.18. The smallest absolute Gasteiger partial charge is 0.340 e. The predicted molar refractivity (Wildman–Crippen MR) is 252 cm³/mol. The van der Waals surface area contributed by atoms with E-state index in [1.807, 2.05) is 140 Å². The molecule has 0 radical (unpaired) electrons. The van der Waals surface area contributed by atoms with Gasteiger partial charge in [0.05, 0.1) is 0 Å². The third kappa shape index (κ3) is 6.63. The molecule has 322 valence electrons. The quantitative estimate of drug-likeness (QED) is 0.0562. The summed E-state index contributed by atoms with van der Waals surface area (Å²) < 4.78 is 131. The molecule has 11 aromatic carbocycles. The average molecular weight is 915 g/mol. The van der Waals surface area contributed by atoms with Crippen LogP contribution in [0.1, 0.15) is 0 Å². The van der Waals surface area contributed by atoms with E-state index in [1.54, 1.807) is 36.4 Å². The molecule has 0 aliphatic heterocycles. The molecule has 1 N–H and O–H groups in total. The van der Waals surface area contributed by atoms with Gasteiger partial charge in [0.15, 0.2) is 16.5 Å². The fourth-order valence-corrected chi connectivity index (χ4v) is 11.1. The first kappa shape index (κ1) is 41.1. The van der Waals surface area contributed by atoms with E-state index >= 15 is 26.0 Å². The zero-order valence-corrected chi connectivity index (χ0v) is 35.7. The second kappa shape index (κ2) is 15.2. The van der Waals surface area contributed by atoms with Crippen molar-refractivity contribution in [3.05, 3.63) is 199 Å². The maximum Gasteiger partial charge on any atom is 0.340 e. The molecule has 0 aliphatic rings. The summed E-state index contributed by atoms with van der Waals surface area (Å²) in [5.74, 6) is -12.2. The number of fused-ring (bicyclic) bond motifs is 9. The average Bonchev–Trinajstić information content (AvgIpc) is 3.33. The van der Waals surface area contributed by atoms with Crippen LogP contribution in [0.5, 0.6) is 5.75 Å². The van der Waals surface area contributed by atoms with Gasteiger partial charge in [-0.25, -0.2) is 8.78 Å². The van der Waals surface area contributed by atoms with Gasteiger partial charge < -0.3 is 4.18 Å². The van der Waals surface area contributed by atoms with Crippen LogP contribution in [0.4, 0.5) is 17.6 Å². The summed E-state index contributed by atoms with van der Waals surface area (Å²) in [6.45, 7) is 0. The van der Waals surface area contributed by atoms with Crippen molar-refractivity contribution in [2.45, 2.75) is 9.79 Å². The molecular formula is C54H30F4O6S2. The number of benzene rings is 11. The molecule has 11 rings (SSSR count). The molecule has 0 fully saturated rings. The normalized spacial score (nSPS) is 12.3. The maximum absolute atomic E-state index is 15.8. The Morgan fingerprint density at radius 3 is 1.38 bits per heavy atom. The zero-order valence-electron chi connectivity index (χ0n) is 34.1. The molecule has 6 nitrogen and oxygen atoms in total. The van der Waals surface area contributed by atoms with Crippen LogP contribution in [0.15, 0.2) is 186 Å². The highest BCUT2D eigenvalue weighted by Crippen LogP contribution is 2.46. The summed E-state index contributed by atoms with van der Waals surface area (Å²) in [6.07, 6.45) is 0. The van der Waals surface area contributed by atoms with Crippen LogP contribution in [-0.2, 0) is 20.2 Å². The monoisotopic (exact) mass is 914 g/mol. The Morgan fingerprint density at radius 1 is 0.348 bits per heavy atom. The summed E-state index contributed by atoms with van der Waals surface area (Å²) in [5.41, 5.74) is 1.94. The number of hydrogen-bond donors (Lipinski definition) is 1. The fourth-order valence-electron chi connectivity index (χ4n) is 9.17. The van der Waals surface area contributed by atoms with E-state index in [9.17, 15) is 13.0 Å². The molecule has 0 atom stereocenters. The number of halogens is 4. The Hall–Kier alpha value is -7.64. The molecule has 0 saturated heterocycles. The van der Waals surface area contributed by atoms with Crippen molar-refractivity contribution in [2.24, 2.45) is 0 Å². The maximum atomic E-state index is 15.8. The lowest BCUT2D eigenvalue weighted by Gasteiger charge is -2.21. The van der Waals surface area contributed by atoms with Gasteiger partial charge in [-0.3, -0.25) is 4.55 Å². The van der Waals surface area contributed by atoms with Crippen molar-refractivity contribution in [2.75, 3.05) is 0 Å². The van der Waals surface area contributed by atoms with Crippen molar-refractivity contribution in [1.29, 1.82) is 0 Å². The molecule has 0 spiro atoms. The Kier molecular flexibility index (Phi) is 9.48. The van der Waals surface area contributed by atoms with E-state index in [4.69, 9.17) is 4.18 Å². The van der Waals surface area contributed by atoms with Gasteiger partial charge in [0, 0.05) is 11.1 Å². The van der Waals surface area contributed by atoms with Crippen LogP contribution in [0, 0.1) is 23.3 Å². The van der Waals surface area contributed by atoms with Crippen LogP contribution >= 0.6 is 0 Å². The first-order valence-electron chi connectivity index (χ1n) is 20.5. The largest absolute Gasteiger partial charge is 0.372 e. The predicted octanol–water partition coefficient (Wildman–Crippen LogP) is 14.2. The van der Waals surface area contributed by atoms with Crippen molar-refractivity contribution >= 4 is 84.9 Å². The molecule has 0 heterocycles. The van der Waals surface area contributed by atoms with E-state index in [2.05, 4.69) is 0 Å². The molecule has 0 aliphatic carbocycles. The highest BCUT2D eigenvalue weighted by molar-refractivity contribution is 7.87. The van der Waals surface area contributed by atoms with E-state index in [1.165, 1.54) is 0 Å². The van der Waals surface area contributed by atoms with E-state index < -0.39 is 59.0 Å². The second-order valence-electron chi connectivity index (χ2n) is 16.0. The summed E-state index contributed by atoms with van der Waals surface area (Å²) >= 11 is 0. The standard InChI is InChI=1S/C54H30F4O6S2/c55-48-50(57)54(65(59,60)61)51(58)49(56)52(48)64-66(62,63)53-46(35-23-24-41-34(25-35)21-19-30-9-1-4-12-38(30)41)28-37(45-26-33-11-3-6-14-40(33)42-15-7-8-16-43(42)45)29-47(53)36-22-20-32-18-17-31-10-2-5-13-39(31)44(32)27-36/h1-29H,(H,59,60,61). The summed E-state index contributed by atoms with van der Waals surface area (Å²) in [7, 11) is -11.5. The number of hydrogen-bond acceptors (Lipinski definition) is 5. The van der Waals surface area contributed by atoms with Gasteiger partial charge in [0.2, 0.25) is 17.4 Å². The highest BCUT2D eigenvalue weighted by Gasteiger charge is 2.37. The molecule has 0 unspecified atom stereocenters. The lowest BCUT2D eigenvalue weighted by molar-refractivity contribution is 0.365. The minimum Gasteiger partial charge on any atom is -0.372 e. The van der Waals surface area contributed by atoms with E-state index in [0.29, 0.717) is 16.7 Å². The van der Waals surface area contributed by atoms with Crippen LogP contribution in [0.3, 0.4) is 0 Å². The molecule has 0 aromatic heterocycles. The zero-order chi connectivity index (χ0) is 45.6. The first-order valence-corrected chi connectivity index (χ1v) is 23.3. The van der Waals surface area contributed by atoms with Crippen molar-refractivity contribution < 1.29 is 43.1 Å². The topological polar surface area (TPSA) is 97.7 Å². The number of rotatable bonds is 7. The Morgan fingerprint density at radius 2 is 0.773 bits per heavy atom. The van der Waals surface area contributed by atoms with Crippen LogP contribution in [0.2, 0.25) is 0 Å². The fraction of sp³-hybridized carbons (Fsp3) is 0. The summed E-state index contributed by atoms with van der Waals surface area (Å²) in [5, 5.41) is 10.4. The third-order valence-corrected chi connectivity index (χ3v) is 14.4. The van der Waals surface area contributed by atoms with Crippen molar-refractivity contribution in [3.63, 3.8) is 0 Å². The summed E-state index contributed by atoms with van der Waals surface area (Å²) in [6, 6.07) is 54.6. The molecule has 12 heteroatoms. The van der Waals surface area contributed by atoms with Gasteiger partial charge >= 0.3 is 20.2 Å². The van der Waals surface area contributed by atoms with Crippen LogP contribution in [0.25, 0.3) is 98.0 Å². The SMILES string of the molecule is O=S(=O)(O)c1c(F)c(F)c(OS(=O)(=O)c2c(-c3ccc4c(ccc5ccccc54)c3)cc(-c3cc4ccccc4c4ccccc34)cc2-c2ccc3ccc4ccccc4c3c2)c(F)c1F. The molecule has 66 heavy (non-hydrogen) atoms. The van der Waals surface area contributed by atoms with E-state index in [-0.39, 0.29) is 11.1 Å². The lowest BCUT2D eigenvalue weighted by atomic mass is 9.88. The van der Waals surface area contributed by atoms with Crippen LogP contribution < -0.4 is 4.18 Å². The molecule has 0 bridgehead atoms. The van der Waals surface area contributed by atoms with Gasteiger partial charge in [-0.15, -0.1) is 0 Å². The minimum atomic E-state index is -5.87. The van der Waals surface area contributed by atoms with E-state index in [0.717, 1.165) is 70.2 Å². The van der Waals surface area contributed by atoms with Gasteiger partial charge in [-0.2, -0.15) is 25.6 Å². The Balaban J connectivity index is 1.27. The Labute approximate surface area is 374 Å². The second-order valence-corrected chi connectivity index (χ2v) is 18.8. The van der Waals surface area contributed by atoms with Crippen molar-refractivity contribution in [1.82, 2.24) is 0 Å². The van der Waals surface area contributed by atoms with Crippen LogP contribution in [-0.4, -0.2) is 21.4 Å². The summed E-state index contributed by atoms with van der Waals surface area (Å²) in [4.78, 5) is -2.96. The highest BCUT2D eigenvalue weighted by atomic mass is 32.2. The molecule has 0 amide bonds. The van der Waals surface area contributed by atoms with Gasteiger partial charge in [0.1, 0.15) is 4.90 Å². The minimum absolute atomic E-state index is 0.00383. The molecule has 0 saturated carbocycles. The molecule has 11 aromatic rings. The van der Waals surface area contributed by atoms with Gasteiger partial charge in [0.25, 0.3) is 0 Å². The first-order chi connectivity index (χ1) is 31.8. The Bertz CT molecular complexity index is 4110.